The molecule has 7 heteroatoms. The molecule has 0 fully saturated rings. The monoisotopic (exact) mass is 455 g/mol. The summed E-state index contributed by atoms with van der Waals surface area (Å²) >= 11 is 0. The van der Waals surface area contributed by atoms with Crippen LogP contribution in [0.4, 0.5) is 0 Å². The molecule has 7 nitrogen and oxygen atoms in total. The maximum Gasteiger partial charge on any atom is 0.341 e. The van der Waals surface area contributed by atoms with Gasteiger partial charge in [-0.3, -0.25) is 9.80 Å². The largest absolute Gasteiger partial charge is 0.491 e. The quantitative estimate of drug-likeness (QED) is 0.683. The molecule has 1 aliphatic carbocycles. The van der Waals surface area contributed by atoms with Crippen LogP contribution in [0, 0.1) is 17.3 Å². The number of hydrogen-bond donors (Lipinski definition) is 1. The zero-order valence-corrected chi connectivity index (χ0v) is 20.7. The highest BCUT2D eigenvalue weighted by Gasteiger charge is 2.34. The van der Waals surface area contributed by atoms with E-state index in [1.807, 2.05) is 21.7 Å². The molecule has 3 rings (SSSR count). The molecular weight excluding hydrogens is 418 g/mol. The summed E-state index contributed by atoms with van der Waals surface area (Å²) in [5, 5.41) is 16.7. The minimum absolute atomic E-state index is 0.0731. The summed E-state index contributed by atoms with van der Waals surface area (Å²) in [6.45, 7) is 14.7. The van der Waals surface area contributed by atoms with Crippen LogP contribution < -0.4 is 5.43 Å². The Bertz CT molecular complexity index is 1030. The van der Waals surface area contributed by atoms with Crippen molar-refractivity contribution in [2.45, 2.75) is 60.4 Å². The molecule has 0 amide bonds. The van der Waals surface area contributed by atoms with Crippen LogP contribution in [0.15, 0.2) is 46.1 Å². The first-order chi connectivity index (χ1) is 15.5. The second-order valence-corrected chi connectivity index (χ2v) is 10.2. The third-order valence-electron chi connectivity index (χ3n) is 6.57. The third kappa shape index (κ3) is 5.57. The number of aromatic carboxylic acids is 1. The predicted octanol–water partition coefficient (Wildman–Crippen LogP) is 4.50. The first-order valence-corrected chi connectivity index (χ1v) is 11.9. The van der Waals surface area contributed by atoms with Crippen LogP contribution in [0.1, 0.15) is 70.1 Å². The van der Waals surface area contributed by atoms with E-state index in [1.165, 1.54) is 12.3 Å². The van der Waals surface area contributed by atoms with Crippen molar-refractivity contribution in [3.63, 3.8) is 0 Å². The number of rotatable bonds is 6. The average Bonchev–Trinajstić information content (AvgIpc) is 2.81. The van der Waals surface area contributed by atoms with Crippen LogP contribution in [0.5, 0.6) is 0 Å². The summed E-state index contributed by atoms with van der Waals surface area (Å²) in [7, 11) is 0. The summed E-state index contributed by atoms with van der Waals surface area (Å²) in [5.74, 6) is -0.0654. The van der Waals surface area contributed by atoms with Gasteiger partial charge < -0.3 is 14.4 Å². The first kappa shape index (κ1) is 24.8. The SMILES string of the molecule is CC[C@H](C)COC1=CC=CC2Cc3cc(=O)c(C(=O)O)cn3C(C(C)(C)C)CN(CC)/N=C/12. The Morgan fingerprint density at radius 2 is 2.06 bits per heavy atom. The fraction of sp³-hybridized carbons (Fsp3) is 0.577. The maximum atomic E-state index is 12.6. The Morgan fingerprint density at radius 1 is 1.33 bits per heavy atom. The lowest BCUT2D eigenvalue weighted by atomic mass is 9.85. The second kappa shape index (κ2) is 9.98. The van der Waals surface area contributed by atoms with Gasteiger partial charge in [0.05, 0.1) is 19.2 Å². The van der Waals surface area contributed by atoms with E-state index in [-0.39, 0.29) is 22.9 Å². The van der Waals surface area contributed by atoms with Gasteiger partial charge in [0, 0.05) is 30.4 Å². The Balaban J connectivity index is 2.13. The van der Waals surface area contributed by atoms with Gasteiger partial charge in [-0.05, 0) is 30.8 Å². The van der Waals surface area contributed by atoms with Crippen molar-refractivity contribution in [2.24, 2.45) is 22.4 Å². The Morgan fingerprint density at radius 3 is 2.67 bits per heavy atom. The topological polar surface area (TPSA) is 84.1 Å². The van der Waals surface area contributed by atoms with E-state index in [4.69, 9.17) is 9.84 Å². The maximum absolute atomic E-state index is 12.6. The molecule has 180 valence electrons. The van der Waals surface area contributed by atoms with Crippen molar-refractivity contribution in [3.8, 4) is 0 Å². The number of carboxylic acid groups (broad SMARTS) is 1. The minimum atomic E-state index is -1.20. The normalized spacial score (nSPS) is 23.2. The molecule has 1 aliphatic heterocycles. The standard InChI is InChI=1S/C26H37N3O4/c1-7-17(3)16-33-22-11-9-10-18-12-19-13-21(30)20(25(31)32)14-29(19)23(26(4,5)6)15-28(8-2)27-24(18)22/h9-11,13-14,17-18,23H,7-8,12,15-16H2,1-6H3,(H,31,32)/b27-24+/t17-,18?,23?/m0/s1. The van der Waals surface area contributed by atoms with E-state index in [1.54, 1.807) is 0 Å². The number of fused-ring (bicyclic) bond motifs is 2. The van der Waals surface area contributed by atoms with E-state index in [0.29, 0.717) is 32.0 Å². The number of nitrogens with zero attached hydrogens (tertiary/aromatic N) is 3. The van der Waals surface area contributed by atoms with E-state index in [0.717, 1.165) is 23.6 Å². The molecule has 1 aromatic rings. The number of hydrogen-bond acceptors (Lipinski definition) is 5. The van der Waals surface area contributed by atoms with Gasteiger partial charge in [-0.2, -0.15) is 5.10 Å². The average molecular weight is 456 g/mol. The molecule has 33 heavy (non-hydrogen) atoms. The van der Waals surface area contributed by atoms with Crippen LogP contribution in [-0.2, 0) is 11.2 Å². The van der Waals surface area contributed by atoms with Gasteiger partial charge in [0.1, 0.15) is 17.0 Å². The van der Waals surface area contributed by atoms with Crippen molar-refractivity contribution < 1.29 is 14.6 Å². The van der Waals surface area contributed by atoms with Crippen molar-refractivity contribution >= 4 is 11.7 Å². The summed E-state index contributed by atoms with van der Waals surface area (Å²) < 4.78 is 8.20. The summed E-state index contributed by atoms with van der Waals surface area (Å²) in [6, 6.07) is 1.42. The molecule has 0 radical (unpaired) electrons. The molecule has 3 atom stereocenters. The van der Waals surface area contributed by atoms with Gasteiger partial charge in [-0.25, -0.2) is 4.79 Å². The lowest BCUT2D eigenvalue weighted by Crippen LogP contribution is -2.37. The molecule has 2 heterocycles. The Kier molecular flexibility index (Phi) is 7.50. The van der Waals surface area contributed by atoms with Gasteiger partial charge in [-0.1, -0.05) is 53.2 Å². The molecule has 0 aromatic carbocycles. The fourth-order valence-electron chi connectivity index (χ4n) is 4.20. The highest BCUT2D eigenvalue weighted by molar-refractivity contribution is 6.02. The molecule has 0 saturated carbocycles. The van der Waals surface area contributed by atoms with E-state index >= 15 is 0 Å². The van der Waals surface area contributed by atoms with Crippen LogP contribution in [0.3, 0.4) is 0 Å². The van der Waals surface area contributed by atoms with Gasteiger partial charge in [0.2, 0.25) is 0 Å². The van der Waals surface area contributed by atoms with Crippen LogP contribution in [0.25, 0.3) is 0 Å². The van der Waals surface area contributed by atoms with Crippen LogP contribution in [-0.4, -0.2) is 46.1 Å². The molecule has 1 N–H and O–H groups in total. The van der Waals surface area contributed by atoms with Gasteiger partial charge in [0.15, 0.2) is 5.43 Å². The van der Waals surface area contributed by atoms with E-state index in [9.17, 15) is 14.7 Å². The van der Waals surface area contributed by atoms with E-state index in [2.05, 4.69) is 47.6 Å². The Labute approximate surface area is 196 Å². The second-order valence-electron chi connectivity index (χ2n) is 10.2. The number of carboxylic acids is 1. The number of hydrazone groups is 1. The highest BCUT2D eigenvalue weighted by atomic mass is 16.5. The fourth-order valence-corrected chi connectivity index (χ4v) is 4.20. The van der Waals surface area contributed by atoms with Gasteiger partial charge >= 0.3 is 5.97 Å². The van der Waals surface area contributed by atoms with Gasteiger partial charge in [-0.15, -0.1) is 0 Å². The highest BCUT2D eigenvalue weighted by Crippen LogP contribution is 2.35. The van der Waals surface area contributed by atoms with Crippen molar-refractivity contribution in [2.75, 3.05) is 19.7 Å². The molecular formula is C26H37N3O4. The van der Waals surface area contributed by atoms with Gasteiger partial charge in [0.25, 0.3) is 0 Å². The predicted molar refractivity (Wildman–Crippen MR) is 131 cm³/mol. The smallest absolute Gasteiger partial charge is 0.341 e. The lowest BCUT2D eigenvalue weighted by Gasteiger charge is -2.37. The molecule has 2 aliphatic rings. The van der Waals surface area contributed by atoms with Crippen molar-refractivity contribution in [1.29, 1.82) is 0 Å². The zero-order valence-electron chi connectivity index (χ0n) is 20.7. The van der Waals surface area contributed by atoms with Crippen molar-refractivity contribution in [1.82, 2.24) is 9.58 Å². The molecule has 1 aromatic heterocycles. The third-order valence-corrected chi connectivity index (χ3v) is 6.57. The minimum Gasteiger partial charge on any atom is -0.491 e. The first-order valence-electron chi connectivity index (χ1n) is 11.9. The molecule has 0 spiro atoms. The molecule has 0 saturated heterocycles. The van der Waals surface area contributed by atoms with Crippen molar-refractivity contribution in [3.05, 3.63) is 57.7 Å². The Hall–Kier alpha value is -2.83. The zero-order chi connectivity index (χ0) is 24.3. The molecule has 0 bridgehead atoms. The number of ether oxygens (including phenoxy) is 1. The van der Waals surface area contributed by atoms with E-state index < -0.39 is 11.4 Å². The lowest BCUT2D eigenvalue weighted by molar-refractivity contribution is 0.0692. The summed E-state index contributed by atoms with van der Waals surface area (Å²) in [5.41, 5.74) is 0.819. The summed E-state index contributed by atoms with van der Waals surface area (Å²) in [4.78, 5) is 24.4. The number of likely N-dealkylation sites (N-methyl/N-ethyl adjacent to an activating group) is 1. The number of carbonyl (C=O) groups is 1. The summed E-state index contributed by atoms with van der Waals surface area (Å²) in [6.07, 6.45) is 9.14. The number of pyridine rings is 1. The van der Waals surface area contributed by atoms with Crippen LogP contribution >= 0.6 is 0 Å². The molecule has 2 unspecified atom stereocenters. The number of allylic oxidation sites excluding steroid dienone is 4. The van der Waals surface area contributed by atoms with Crippen LogP contribution in [0.2, 0.25) is 0 Å². The number of aromatic nitrogens is 1.